The molecule has 0 unspecified atom stereocenters. The molecule has 0 spiro atoms. The second-order valence-electron chi connectivity index (χ2n) is 6.27. The van der Waals surface area contributed by atoms with Crippen LogP contribution in [0.5, 0.6) is 0 Å². The molecule has 0 bridgehead atoms. The van der Waals surface area contributed by atoms with Gasteiger partial charge in [-0.05, 0) is 56.8 Å². The molecule has 0 atom stereocenters. The van der Waals surface area contributed by atoms with Gasteiger partial charge in [0.25, 0.3) is 0 Å². The van der Waals surface area contributed by atoms with Crippen LogP contribution in [0.25, 0.3) is 27.6 Å². The summed E-state index contributed by atoms with van der Waals surface area (Å²) >= 11 is 0. The highest BCUT2D eigenvalue weighted by Crippen LogP contribution is 2.21. The van der Waals surface area contributed by atoms with Crippen LogP contribution >= 0.6 is 0 Å². The summed E-state index contributed by atoms with van der Waals surface area (Å²) in [7, 11) is -1.43. The van der Waals surface area contributed by atoms with E-state index in [1.165, 1.54) is 0 Å². The van der Waals surface area contributed by atoms with E-state index in [2.05, 4.69) is 18.7 Å². The van der Waals surface area contributed by atoms with Gasteiger partial charge in [-0.15, -0.1) is 0 Å². The molecular weight excluding hydrogens is 351 g/mol. The highest BCUT2D eigenvalue weighted by atomic mass is 16.4. The van der Waals surface area contributed by atoms with Gasteiger partial charge >= 0.3 is 13.1 Å². The monoisotopic (exact) mass is 370 g/mol. The minimum atomic E-state index is -1.43. The first-order valence-electron chi connectivity index (χ1n) is 8.73. The maximum Gasteiger partial charge on any atom is 0.489 e. The zero-order chi connectivity index (χ0) is 20.1. The maximum absolute atomic E-state index is 10.4. The molecule has 4 rings (SSSR count). The van der Waals surface area contributed by atoms with E-state index in [-0.39, 0.29) is 0 Å². The van der Waals surface area contributed by atoms with Crippen LogP contribution in [0.4, 0.5) is 0 Å². The van der Waals surface area contributed by atoms with Crippen molar-refractivity contribution in [1.29, 1.82) is 0 Å². The number of rotatable bonds is 3. The molecule has 4 aromatic rings. The van der Waals surface area contributed by atoms with Gasteiger partial charge in [0.2, 0.25) is 0 Å². The SMILES string of the molecule is C=Cc1ccc(C(=O)O)cc1.OB(O)c1cccc2cc3ccccc3cc12. The van der Waals surface area contributed by atoms with Gasteiger partial charge in [0.1, 0.15) is 0 Å². The van der Waals surface area contributed by atoms with E-state index in [9.17, 15) is 14.8 Å². The van der Waals surface area contributed by atoms with E-state index in [4.69, 9.17) is 5.11 Å². The Balaban J connectivity index is 0.000000178. The molecular formula is C23H19BO4. The van der Waals surface area contributed by atoms with Crippen LogP contribution in [0.2, 0.25) is 0 Å². The third-order valence-electron chi connectivity index (χ3n) is 4.45. The van der Waals surface area contributed by atoms with Crippen LogP contribution in [-0.4, -0.2) is 28.2 Å². The lowest BCUT2D eigenvalue weighted by Crippen LogP contribution is -2.30. The molecule has 0 aliphatic rings. The molecule has 0 amide bonds. The fraction of sp³-hybridized carbons (Fsp3) is 0. The number of carbonyl (C=O) groups is 1. The Hall–Kier alpha value is -3.41. The Kier molecular flexibility index (Phi) is 5.89. The van der Waals surface area contributed by atoms with Crippen LogP contribution in [0, 0.1) is 0 Å². The lowest BCUT2D eigenvalue weighted by atomic mass is 9.77. The Morgan fingerprint density at radius 3 is 2.00 bits per heavy atom. The molecule has 4 aromatic carbocycles. The number of benzene rings is 4. The number of carboxylic acids is 1. The van der Waals surface area contributed by atoms with Crippen molar-refractivity contribution in [3.8, 4) is 0 Å². The zero-order valence-electron chi connectivity index (χ0n) is 15.1. The third-order valence-corrected chi connectivity index (χ3v) is 4.45. The van der Waals surface area contributed by atoms with Crippen LogP contribution < -0.4 is 5.46 Å². The molecule has 4 nitrogen and oxygen atoms in total. The molecule has 3 N–H and O–H groups in total. The average Bonchev–Trinajstić information content (AvgIpc) is 2.72. The van der Waals surface area contributed by atoms with Gasteiger partial charge < -0.3 is 15.2 Å². The number of hydrogen-bond donors (Lipinski definition) is 3. The quantitative estimate of drug-likeness (QED) is 0.380. The summed E-state index contributed by atoms with van der Waals surface area (Å²) in [4.78, 5) is 10.4. The van der Waals surface area contributed by atoms with Crippen molar-refractivity contribution in [2.75, 3.05) is 0 Å². The van der Waals surface area contributed by atoms with Crippen LogP contribution in [0.15, 0.2) is 85.4 Å². The van der Waals surface area contributed by atoms with Gasteiger partial charge in [-0.2, -0.15) is 0 Å². The number of aromatic carboxylic acids is 1. The maximum atomic E-state index is 10.4. The highest BCUT2D eigenvalue weighted by molar-refractivity contribution is 6.62. The predicted molar refractivity (Wildman–Crippen MR) is 115 cm³/mol. The molecule has 28 heavy (non-hydrogen) atoms. The fourth-order valence-corrected chi connectivity index (χ4v) is 2.98. The first-order valence-corrected chi connectivity index (χ1v) is 8.73. The molecule has 5 heteroatoms. The third kappa shape index (κ3) is 4.28. The largest absolute Gasteiger partial charge is 0.489 e. The van der Waals surface area contributed by atoms with Gasteiger partial charge in [-0.3, -0.25) is 0 Å². The van der Waals surface area contributed by atoms with E-state index >= 15 is 0 Å². The van der Waals surface area contributed by atoms with Crippen LogP contribution in [0.3, 0.4) is 0 Å². The lowest BCUT2D eigenvalue weighted by molar-refractivity contribution is 0.0697. The van der Waals surface area contributed by atoms with E-state index in [0.29, 0.717) is 11.0 Å². The summed E-state index contributed by atoms with van der Waals surface area (Å²) in [5, 5.41) is 31.4. The fourth-order valence-electron chi connectivity index (χ4n) is 2.98. The van der Waals surface area contributed by atoms with Gasteiger partial charge in [-0.1, -0.05) is 67.3 Å². The summed E-state index contributed by atoms with van der Waals surface area (Å²) in [5.74, 6) is -0.902. The Morgan fingerprint density at radius 1 is 0.821 bits per heavy atom. The van der Waals surface area contributed by atoms with Crippen molar-refractivity contribution < 1.29 is 19.9 Å². The van der Waals surface area contributed by atoms with Crippen molar-refractivity contribution in [3.63, 3.8) is 0 Å². The van der Waals surface area contributed by atoms with Crippen LogP contribution in [0.1, 0.15) is 15.9 Å². The number of hydrogen-bond acceptors (Lipinski definition) is 3. The van der Waals surface area contributed by atoms with E-state index in [0.717, 1.165) is 27.1 Å². The van der Waals surface area contributed by atoms with Gasteiger partial charge in [0, 0.05) is 0 Å². The summed E-state index contributed by atoms with van der Waals surface area (Å²) in [5.41, 5.74) is 1.78. The normalized spacial score (nSPS) is 10.2. The molecule has 0 aliphatic carbocycles. The van der Waals surface area contributed by atoms with E-state index in [1.54, 1.807) is 36.4 Å². The Labute approximate surface area is 163 Å². The lowest BCUT2D eigenvalue weighted by Gasteiger charge is -2.07. The summed E-state index contributed by atoms with van der Waals surface area (Å²) < 4.78 is 0. The summed E-state index contributed by atoms with van der Waals surface area (Å²) in [6.45, 7) is 3.56. The molecule has 138 valence electrons. The topological polar surface area (TPSA) is 77.8 Å². The second-order valence-corrected chi connectivity index (χ2v) is 6.27. The Morgan fingerprint density at radius 2 is 1.43 bits per heavy atom. The van der Waals surface area contributed by atoms with Gasteiger partial charge in [0.15, 0.2) is 0 Å². The zero-order valence-corrected chi connectivity index (χ0v) is 15.1. The standard InChI is InChI=1S/C14H11BO2.C9H8O2/c16-15(17)14-7-3-6-12-8-10-4-1-2-5-11(10)9-13(12)14;1-2-7-3-5-8(6-4-7)9(10)11/h1-9,16-17H;2-6H,1H2,(H,10,11). The van der Waals surface area contributed by atoms with Crippen LogP contribution in [-0.2, 0) is 0 Å². The second kappa shape index (κ2) is 8.52. The minimum absolute atomic E-state index is 0.301. The molecule has 0 fully saturated rings. The van der Waals surface area contributed by atoms with Crippen molar-refractivity contribution >= 4 is 46.2 Å². The summed E-state index contributed by atoms with van der Waals surface area (Å²) in [6.07, 6.45) is 1.67. The molecule has 0 saturated carbocycles. The Bertz CT molecular complexity index is 1130. The smallest absolute Gasteiger partial charge is 0.478 e. The predicted octanol–water partition coefficient (Wildman–Crippen LogP) is 3.70. The molecule has 0 aromatic heterocycles. The van der Waals surface area contributed by atoms with Gasteiger partial charge in [-0.25, -0.2) is 4.79 Å². The van der Waals surface area contributed by atoms with E-state index in [1.807, 2.05) is 36.4 Å². The van der Waals surface area contributed by atoms with Crippen molar-refractivity contribution in [2.45, 2.75) is 0 Å². The highest BCUT2D eigenvalue weighted by Gasteiger charge is 2.14. The van der Waals surface area contributed by atoms with E-state index < -0.39 is 13.1 Å². The van der Waals surface area contributed by atoms with Crippen molar-refractivity contribution in [1.82, 2.24) is 0 Å². The molecule has 0 saturated heterocycles. The molecule has 0 heterocycles. The molecule has 0 aliphatic heterocycles. The number of carboxylic acid groups (broad SMARTS) is 1. The van der Waals surface area contributed by atoms with Gasteiger partial charge in [0.05, 0.1) is 5.56 Å². The summed E-state index contributed by atoms with van der Waals surface area (Å²) in [6, 6.07) is 24.2. The molecule has 0 radical (unpaired) electrons. The first kappa shape index (κ1) is 19.4. The average molecular weight is 370 g/mol. The van der Waals surface area contributed by atoms with Crippen molar-refractivity contribution in [2.24, 2.45) is 0 Å². The first-order chi connectivity index (χ1) is 13.5. The number of fused-ring (bicyclic) bond motifs is 2. The van der Waals surface area contributed by atoms with Crippen molar-refractivity contribution in [3.05, 3.63) is 96.6 Å². The minimum Gasteiger partial charge on any atom is -0.478 e.